The number of nitrogens with one attached hydrogen (secondary N) is 1. The van der Waals surface area contributed by atoms with Gasteiger partial charge < -0.3 is 10.4 Å². The van der Waals surface area contributed by atoms with Crippen LogP contribution < -0.4 is 5.32 Å². The molecule has 2 N–H and O–H groups in total. The molecule has 0 radical (unpaired) electrons. The summed E-state index contributed by atoms with van der Waals surface area (Å²) in [7, 11) is 0. The van der Waals surface area contributed by atoms with Crippen molar-refractivity contribution in [3.8, 4) is 6.07 Å². The van der Waals surface area contributed by atoms with Crippen molar-refractivity contribution in [1.29, 1.82) is 5.26 Å². The second kappa shape index (κ2) is 6.14. The minimum absolute atomic E-state index is 0.0978. The van der Waals surface area contributed by atoms with Gasteiger partial charge in [0.15, 0.2) is 0 Å². The van der Waals surface area contributed by atoms with Crippen LogP contribution in [0, 0.1) is 17.2 Å². The Morgan fingerprint density at radius 3 is 2.84 bits per heavy atom. The molecule has 2 rings (SSSR count). The Bertz CT molecular complexity index is 492. The molecule has 6 nitrogen and oxygen atoms in total. The number of anilines is 1. The summed E-state index contributed by atoms with van der Waals surface area (Å²) in [5, 5.41) is 20.9. The van der Waals surface area contributed by atoms with Gasteiger partial charge in [0, 0.05) is 6.20 Å². The van der Waals surface area contributed by atoms with Gasteiger partial charge in [-0.15, -0.1) is 0 Å². The molecular formula is C13H16N4O2. The predicted molar refractivity (Wildman–Crippen MR) is 68.4 cm³/mol. The average Bonchev–Trinajstić information content (AvgIpc) is 2.45. The number of aromatic nitrogens is 2. The number of nitriles is 1. The van der Waals surface area contributed by atoms with Gasteiger partial charge in [-0.25, -0.2) is 14.8 Å². The maximum absolute atomic E-state index is 11.4. The largest absolute Gasteiger partial charge is 0.480 e. The fraction of sp³-hybridized carbons (Fsp3) is 0.538. The summed E-state index contributed by atoms with van der Waals surface area (Å²) < 4.78 is 0. The molecule has 1 heterocycles. The van der Waals surface area contributed by atoms with E-state index in [9.17, 15) is 9.90 Å². The maximum Gasteiger partial charge on any atom is 0.326 e. The first-order valence-electron chi connectivity index (χ1n) is 6.43. The smallest absolute Gasteiger partial charge is 0.326 e. The van der Waals surface area contributed by atoms with Crippen molar-refractivity contribution < 1.29 is 9.90 Å². The number of nitrogens with zero attached hydrogens (tertiary/aromatic N) is 3. The fourth-order valence-corrected chi connectivity index (χ4v) is 2.48. The van der Waals surface area contributed by atoms with Gasteiger partial charge in [-0.2, -0.15) is 5.26 Å². The van der Waals surface area contributed by atoms with Crippen molar-refractivity contribution in [2.45, 2.75) is 38.1 Å². The lowest BCUT2D eigenvalue weighted by molar-refractivity contribution is -0.139. The molecular weight excluding hydrogens is 244 g/mol. The zero-order chi connectivity index (χ0) is 13.7. The average molecular weight is 260 g/mol. The van der Waals surface area contributed by atoms with E-state index in [0.717, 1.165) is 25.7 Å². The van der Waals surface area contributed by atoms with E-state index in [4.69, 9.17) is 5.26 Å². The fourth-order valence-electron chi connectivity index (χ4n) is 2.48. The SMILES string of the molecule is N#Cc1ccnc(NC(C(=O)O)C2CCCCC2)n1. The standard InChI is InChI=1S/C13H16N4O2/c14-8-10-6-7-15-13(16-10)17-11(12(18)19)9-4-2-1-3-5-9/h6-7,9,11H,1-5H2,(H,18,19)(H,15,16,17). The predicted octanol–water partition coefficient (Wildman–Crippen LogP) is 1.79. The highest BCUT2D eigenvalue weighted by molar-refractivity contribution is 5.77. The topological polar surface area (TPSA) is 98.9 Å². The van der Waals surface area contributed by atoms with Gasteiger partial charge in [0.25, 0.3) is 0 Å². The second-order valence-electron chi connectivity index (χ2n) is 4.74. The van der Waals surface area contributed by atoms with Crippen LogP contribution in [0.2, 0.25) is 0 Å². The highest BCUT2D eigenvalue weighted by Crippen LogP contribution is 2.27. The maximum atomic E-state index is 11.4. The molecule has 6 heteroatoms. The summed E-state index contributed by atoms with van der Waals surface area (Å²) in [6.45, 7) is 0. The first-order chi connectivity index (χ1) is 9.20. The van der Waals surface area contributed by atoms with Gasteiger partial charge in [-0.3, -0.25) is 0 Å². The van der Waals surface area contributed by atoms with Gasteiger partial charge in [-0.05, 0) is 24.8 Å². The Balaban J connectivity index is 2.11. The van der Waals surface area contributed by atoms with Crippen LogP contribution in [0.1, 0.15) is 37.8 Å². The van der Waals surface area contributed by atoms with E-state index >= 15 is 0 Å². The number of hydrogen-bond acceptors (Lipinski definition) is 5. The molecule has 1 saturated carbocycles. The molecule has 1 aromatic rings. The summed E-state index contributed by atoms with van der Waals surface area (Å²) >= 11 is 0. The lowest BCUT2D eigenvalue weighted by Crippen LogP contribution is -2.38. The highest BCUT2D eigenvalue weighted by atomic mass is 16.4. The van der Waals surface area contributed by atoms with Crippen LogP contribution in [0.5, 0.6) is 0 Å². The summed E-state index contributed by atoms with van der Waals surface area (Å²) in [5.74, 6) is -0.588. The Morgan fingerprint density at radius 2 is 2.21 bits per heavy atom. The molecule has 100 valence electrons. The van der Waals surface area contributed by atoms with Crippen LogP contribution in [0.15, 0.2) is 12.3 Å². The van der Waals surface area contributed by atoms with Gasteiger partial charge in [0.2, 0.25) is 5.95 Å². The zero-order valence-corrected chi connectivity index (χ0v) is 10.5. The Labute approximate surface area is 111 Å². The number of hydrogen-bond donors (Lipinski definition) is 2. The summed E-state index contributed by atoms with van der Waals surface area (Å²) in [6.07, 6.45) is 6.56. The number of carboxylic acids is 1. The molecule has 1 aliphatic carbocycles. The van der Waals surface area contributed by atoms with Gasteiger partial charge in [0.1, 0.15) is 17.8 Å². The normalized spacial score (nSPS) is 17.4. The van der Waals surface area contributed by atoms with Crippen molar-refractivity contribution in [3.05, 3.63) is 18.0 Å². The molecule has 19 heavy (non-hydrogen) atoms. The van der Waals surface area contributed by atoms with Crippen molar-refractivity contribution in [1.82, 2.24) is 9.97 Å². The third-order valence-corrected chi connectivity index (χ3v) is 3.44. The van der Waals surface area contributed by atoms with E-state index < -0.39 is 12.0 Å². The Hall–Kier alpha value is -2.16. The van der Waals surface area contributed by atoms with Gasteiger partial charge in [0.05, 0.1) is 0 Å². The molecule has 0 spiro atoms. The van der Waals surface area contributed by atoms with Crippen LogP contribution in [0.25, 0.3) is 0 Å². The van der Waals surface area contributed by atoms with Crippen LogP contribution in [0.4, 0.5) is 5.95 Å². The van der Waals surface area contributed by atoms with Crippen molar-refractivity contribution >= 4 is 11.9 Å². The molecule has 0 saturated heterocycles. The number of carbonyl (C=O) groups is 1. The van der Waals surface area contributed by atoms with E-state index in [1.165, 1.54) is 18.7 Å². The molecule has 1 unspecified atom stereocenters. The van der Waals surface area contributed by atoms with E-state index in [0.29, 0.717) is 0 Å². The van der Waals surface area contributed by atoms with Crippen molar-refractivity contribution in [3.63, 3.8) is 0 Å². The van der Waals surface area contributed by atoms with Crippen LogP contribution in [-0.2, 0) is 4.79 Å². The van der Waals surface area contributed by atoms with Gasteiger partial charge in [-0.1, -0.05) is 19.3 Å². The molecule has 1 atom stereocenters. The van der Waals surface area contributed by atoms with Crippen molar-refractivity contribution in [2.24, 2.45) is 5.92 Å². The monoisotopic (exact) mass is 260 g/mol. The van der Waals surface area contributed by atoms with Crippen LogP contribution in [-0.4, -0.2) is 27.1 Å². The number of carboxylic acid groups (broad SMARTS) is 1. The summed E-state index contributed by atoms with van der Waals surface area (Å²) in [5.41, 5.74) is 0.227. The van der Waals surface area contributed by atoms with Crippen LogP contribution in [0.3, 0.4) is 0 Å². The Kier molecular flexibility index (Phi) is 4.29. The van der Waals surface area contributed by atoms with Crippen LogP contribution >= 0.6 is 0 Å². The Morgan fingerprint density at radius 1 is 1.47 bits per heavy atom. The zero-order valence-electron chi connectivity index (χ0n) is 10.5. The second-order valence-corrected chi connectivity index (χ2v) is 4.74. The van der Waals surface area contributed by atoms with E-state index in [-0.39, 0.29) is 17.6 Å². The third kappa shape index (κ3) is 3.41. The molecule has 0 aromatic carbocycles. The van der Waals surface area contributed by atoms with Gasteiger partial charge >= 0.3 is 5.97 Å². The third-order valence-electron chi connectivity index (χ3n) is 3.44. The number of rotatable bonds is 4. The minimum atomic E-state index is -0.891. The van der Waals surface area contributed by atoms with E-state index in [1.54, 1.807) is 0 Å². The molecule has 1 aromatic heterocycles. The molecule has 1 aliphatic rings. The lowest BCUT2D eigenvalue weighted by Gasteiger charge is -2.27. The van der Waals surface area contributed by atoms with E-state index in [1.807, 2.05) is 6.07 Å². The van der Waals surface area contributed by atoms with E-state index in [2.05, 4.69) is 15.3 Å². The minimum Gasteiger partial charge on any atom is -0.480 e. The molecule has 1 fully saturated rings. The number of aliphatic carboxylic acids is 1. The summed E-state index contributed by atoms with van der Waals surface area (Å²) in [4.78, 5) is 19.3. The highest BCUT2D eigenvalue weighted by Gasteiger charge is 2.29. The van der Waals surface area contributed by atoms with Crippen molar-refractivity contribution in [2.75, 3.05) is 5.32 Å². The summed E-state index contributed by atoms with van der Waals surface area (Å²) in [6, 6.07) is 2.71. The first-order valence-corrected chi connectivity index (χ1v) is 6.43. The molecule has 0 aliphatic heterocycles. The first kappa shape index (κ1) is 13.3. The lowest BCUT2D eigenvalue weighted by atomic mass is 9.84. The molecule has 0 amide bonds. The quantitative estimate of drug-likeness (QED) is 0.856. The molecule has 0 bridgehead atoms.